The Hall–Kier alpha value is -1.84. The van der Waals surface area contributed by atoms with Crippen LogP contribution >= 0.6 is 0 Å². The van der Waals surface area contributed by atoms with Crippen molar-refractivity contribution < 1.29 is 14.3 Å². The van der Waals surface area contributed by atoms with Gasteiger partial charge in [0.2, 0.25) is 0 Å². The van der Waals surface area contributed by atoms with Crippen LogP contribution in [-0.2, 0) is 16.0 Å². The summed E-state index contributed by atoms with van der Waals surface area (Å²) in [4.78, 5) is 23.7. The second-order valence-corrected chi connectivity index (χ2v) is 8.40. The van der Waals surface area contributed by atoms with E-state index in [1.165, 1.54) is 51.4 Å². The summed E-state index contributed by atoms with van der Waals surface area (Å²) in [5.41, 5.74) is 1.88. The van der Waals surface area contributed by atoms with Crippen LogP contribution in [0, 0.1) is 5.92 Å². The molecule has 1 N–H and O–H groups in total. The number of Topliss-reactive ketones (excluding diaryl/α,β-unsaturated/α-hetero) is 1. The molecular weight excluding hydrogens is 362 g/mol. The van der Waals surface area contributed by atoms with Gasteiger partial charge in [-0.15, -0.1) is 0 Å². The van der Waals surface area contributed by atoms with Gasteiger partial charge >= 0.3 is 6.09 Å². The number of carbonyl (C=O) groups is 2. The average Bonchev–Trinajstić information content (AvgIpc) is 3.12. The summed E-state index contributed by atoms with van der Waals surface area (Å²) in [7, 11) is 0. The Morgan fingerprint density at radius 3 is 2.17 bits per heavy atom. The van der Waals surface area contributed by atoms with Crippen molar-refractivity contribution in [1.29, 1.82) is 0 Å². The number of rotatable bonds is 14. The van der Waals surface area contributed by atoms with Crippen LogP contribution in [0.2, 0.25) is 0 Å². The molecule has 1 aliphatic rings. The Kier molecular flexibility index (Phi) is 11.5. The minimum Gasteiger partial charge on any atom is -0.449 e. The third-order valence-electron chi connectivity index (χ3n) is 5.84. The van der Waals surface area contributed by atoms with Crippen molar-refractivity contribution in [2.24, 2.45) is 5.92 Å². The predicted molar refractivity (Wildman–Crippen MR) is 119 cm³/mol. The van der Waals surface area contributed by atoms with Crippen molar-refractivity contribution in [1.82, 2.24) is 0 Å². The predicted octanol–water partition coefficient (Wildman–Crippen LogP) is 7.07. The number of carbonyl (C=O) groups excluding carboxylic acids is 2. The Labute approximate surface area is 176 Å². The number of anilines is 1. The summed E-state index contributed by atoms with van der Waals surface area (Å²) in [6.07, 6.45) is 15.8. The first-order valence-corrected chi connectivity index (χ1v) is 11.7. The highest BCUT2D eigenvalue weighted by atomic mass is 16.5. The van der Waals surface area contributed by atoms with Gasteiger partial charge in [0.15, 0.2) is 0 Å². The number of nitrogens with one attached hydrogen (secondary N) is 1. The van der Waals surface area contributed by atoms with E-state index in [9.17, 15) is 9.59 Å². The molecule has 0 aromatic heterocycles. The monoisotopic (exact) mass is 401 g/mol. The zero-order valence-corrected chi connectivity index (χ0v) is 18.2. The largest absolute Gasteiger partial charge is 0.449 e. The van der Waals surface area contributed by atoms with E-state index in [1.54, 1.807) is 0 Å². The highest BCUT2D eigenvalue weighted by molar-refractivity contribution is 5.84. The smallest absolute Gasteiger partial charge is 0.411 e. The minimum atomic E-state index is -0.389. The second-order valence-electron chi connectivity index (χ2n) is 8.40. The average molecular weight is 402 g/mol. The standard InChI is InChI=1S/C25H39NO3/c1-2-3-4-5-6-7-8-9-10-11-19-29-25(28)26-23-17-15-21(16-18-23)20-22-13-12-14-24(22)27/h15-18,22H,2-14,19-20H2,1H3,(H,26,28). The minimum absolute atomic E-state index is 0.180. The SMILES string of the molecule is CCCCCCCCCCCCOC(=O)Nc1ccc(CC2CCCC2=O)cc1. The third kappa shape index (κ3) is 9.96. The maximum absolute atomic E-state index is 11.9. The molecule has 162 valence electrons. The molecule has 2 rings (SSSR count). The maximum atomic E-state index is 11.9. The number of ether oxygens (including phenoxy) is 1. The Morgan fingerprint density at radius 2 is 1.59 bits per heavy atom. The fraction of sp³-hybridized carbons (Fsp3) is 0.680. The first kappa shape index (κ1) is 23.4. The zero-order valence-electron chi connectivity index (χ0n) is 18.2. The molecule has 0 heterocycles. The first-order valence-electron chi connectivity index (χ1n) is 11.7. The molecule has 1 saturated carbocycles. The molecule has 1 aromatic rings. The van der Waals surface area contributed by atoms with E-state index in [2.05, 4.69) is 12.2 Å². The van der Waals surface area contributed by atoms with Crippen LogP contribution in [0.5, 0.6) is 0 Å². The lowest BCUT2D eigenvalue weighted by atomic mass is 9.97. The molecule has 0 spiro atoms. The van der Waals surface area contributed by atoms with Gasteiger partial charge in [0.05, 0.1) is 6.61 Å². The highest BCUT2D eigenvalue weighted by Crippen LogP contribution is 2.25. The second kappa shape index (κ2) is 14.2. The zero-order chi connectivity index (χ0) is 20.7. The molecule has 29 heavy (non-hydrogen) atoms. The van der Waals surface area contributed by atoms with Crippen molar-refractivity contribution in [3.8, 4) is 0 Å². The molecule has 1 atom stereocenters. The lowest BCUT2D eigenvalue weighted by Gasteiger charge is -2.10. The van der Waals surface area contributed by atoms with Crippen molar-refractivity contribution in [2.45, 2.75) is 96.8 Å². The van der Waals surface area contributed by atoms with Gasteiger partial charge in [-0.05, 0) is 43.4 Å². The molecule has 1 aliphatic carbocycles. The maximum Gasteiger partial charge on any atom is 0.411 e. The van der Waals surface area contributed by atoms with Crippen molar-refractivity contribution in [3.05, 3.63) is 29.8 Å². The molecule has 0 radical (unpaired) electrons. The Morgan fingerprint density at radius 1 is 0.966 bits per heavy atom. The Bertz CT molecular complexity index is 597. The van der Waals surface area contributed by atoms with E-state index in [0.29, 0.717) is 12.4 Å². The molecule has 1 amide bonds. The lowest BCUT2D eigenvalue weighted by Crippen LogP contribution is -2.14. The topological polar surface area (TPSA) is 55.4 Å². The van der Waals surface area contributed by atoms with Crippen LogP contribution in [0.1, 0.15) is 96.0 Å². The molecule has 0 bridgehead atoms. The van der Waals surface area contributed by atoms with Gasteiger partial charge in [0, 0.05) is 18.0 Å². The fourth-order valence-corrected chi connectivity index (χ4v) is 4.02. The van der Waals surface area contributed by atoms with Gasteiger partial charge in [-0.25, -0.2) is 4.79 Å². The van der Waals surface area contributed by atoms with E-state index >= 15 is 0 Å². The normalized spacial score (nSPS) is 16.2. The molecule has 4 nitrogen and oxygen atoms in total. The third-order valence-corrected chi connectivity index (χ3v) is 5.84. The van der Waals surface area contributed by atoms with E-state index in [-0.39, 0.29) is 12.0 Å². The van der Waals surface area contributed by atoms with E-state index in [1.807, 2.05) is 24.3 Å². The van der Waals surface area contributed by atoms with Gasteiger partial charge < -0.3 is 4.74 Å². The number of amides is 1. The highest BCUT2D eigenvalue weighted by Gasteiger charge is 2.24. The van der Waals surface area contributed by atoms with Gasteiger partial charge in [0.1, 0.15) is 5.78 Å². The quantitative estimate of drug-likeness (QED) is 0.339. The van der Waals surface area contributed by atoms with Crippen molar-refractivity contribution >= 4 is 17.6 Å². The summed E-state index contributed by atoms with van der Waals surface area (Å²) in [6, 6.07) is 7.75. The first-order chi connectivity index (χ1) is 14.2. The van der Waals surface area contributed by atoms with Crippen LogP contribution in [0.3, 0.4) is 0 Å². The van der Waals surface area contributed by atoms with E-state index < -0.39 is 0 Å². The van der Waals surface area contributed by atoms with Crippen LogP contribution < -0.4 is 5.32 Å². The lowest BCUT2D eigenvalue weighted by molar-refractivity contribution is -0.120. The number of benzene rings is 1. The van der Waals surface area contributed by atoms with Gasteiger partial charge in [-0.2, -0.15) is 0 Å². The van der Waals surface area contributed by atoms with Gasteiger partial charge in [-0.3, -0.25) is 10.1 Å². The molecular formula is C25H39NO3. The molecule has 4 heteroatoms. The number of ketones is 1. The Balaban J connectivity index is 1.49. The van der Waals surface area contributed by atoms with Crippen LogP contribution in [0.15, 0.2) is 24.3 Å². The number of hydrogen-bond acceptors (Lipinski definition) is 3. The van der Waals surface area contributed by atoms with Gasteiger partial charge in [-0.1, -0.05) is 76.8 Å². The molecule has 1 aromatic carbocycles. The van der Waals surface area contributed by atoms with Gasteiger partial charge in [0.25, 0.3) is 0 Å². The summed E-state index contributed by atoms with van der Waals surface area (Å²) < 4.78 is 5.28. The fourth-order valence-electron chi connectivity index (χ4n) is 4.02. The molecule has 1 fully saturated rings. The summed E-state index contributed by atoms with van der Waals surface area (Å²) >= 11 is 0. The molecule has 0 saturated heterocycles. The summed E-state index contributed by atoms with van der Waals surface area (Å²) in [5, 5.41) is 2.78. The van der Waals surface area contributed by atoms with Crippen molar-refractivity contribution in [2.75, 3.05) is 11.9 Å². The van der Waals surface area contributed by atoms with Crippen LogP contribution in [0.25, 0.3) is 0 Å². The molecule has 0 aliphatic heterocycles. The summed E-state index contributed by atoms with van der Waals surface area (Å²) in [5.74, 6) is 0.572. The van der Waals surface area contributed by atoms with E-state index in [0.717, 1.165) is 49.8 Å². The molecule has 1 unspecified atom stereocenters. The number of unbranched alkanes of at least 4 members (excludes halogenated alkanes) is 9. The summed E-state index contributed by atoms with van der Waals surface area (Å²) in [6.45, 7) is 2.73. The van der Waals surface area contributed by atoms with E-state index in [4.69, 9.17) is 4.74 Å². The van der Waals surface area contributed by atoms with Crippen LogP contribution in [-0.4, -0.2) is 18.5 Å². The van der Waals surface area contributed by atoms with Crippen molar-refractivity contribution in [3.63, 3.8) is 0 Å². The van der Waals surface area contributed by atoms with Crippen LogP contribution in [0.4, 0.5) is 10.5 Å². The number of hydrogen-bond donors (Lipinski definition) is 1.